The van der Waals surface area contributed by atoms with Crippen molar-refractivity contribution in [2.45, 2.75) is 25.9 Å². The fourth-order valence-electron chi connectivity index (χ4n) is 0.698. The smallest absolute Gasteiger partial charge is 0.405 e. The summed E-state index contributed by atoms with van der Waals surface area (Å²) in [6.07, 6.45) is 1.05. The van der Waals surface area contributed by atoms with Crippen molar-refractivity contribution in [2.75, 3.05) is 14.2 Å². The van der Waals surface area contributed by atoms with Crippen LogP contribution in [0.5, 0.6) is 0 Å². The van der Waals surface area contributed by atoms with Gasteiger partial charge in [-0.2, -0.15) is 0 Å². The van der Waals surface area contributed by atoms with Crippen molar-refractivity contribution in [3.05, 3.63) is 0 Å². The second kappa shape index (κ2) is 6.12. The van der Waals surface area contributed by atoms with Gasteiger partial charge in [-0.15, -0.1) is 11.1 Å². The normalized spacial score (nSPS) is 14.8. The highest BCUT2D eigenvalue weighted by Crippen LogP contribution is 2.13. The molecule has 0 heterocycles. The molecule has 0 aromatic rings. The lowest BCUT2D eigenvalue weighted by atomic mass is 10.6. The second-order valence-corrected chi connectivity index (χ2v) is 8.93. The lowest BCUT2D eigenvalue weighted by molar-refractivity contribution is 0.171. The Hall–Kier alpha value is 0.604. The summed E-state index contributed by atoms with van der Waals surface area (Å²) in [7, 11) is -0.753. The zero-order valence-corrected chi connectivity index (χ0v) is 11.0. The zero-order valence-electron chi connectivity index (χ0n) is 8.09. The third-order valence-corrected chi connectivity index (χ3v) is 8.31. The van der Waals surface area contributed by atoms with Crippen molar-refractivity contribution in [2.24, 2.45) is 0 Å². The van der Waals surface area contributed by atoms with Gasteiger partial charge >= 0.3 is 8.80 Å². The van der Waals surface area contributed by atoms with Crippen molar-refractivity contribution in [3.8, 4) is 0 Å². The van der Waals surface area contributed by atoms with Crippen LogP contribution in [0.25, 0.3) is 0 Å². The summed E-state index contributed by atoms with van der Waals surface area (Å²) in [5, 5.41) is 0. The third kappa shape index (κ3) is 4.59. The van der Waals surface area contributed by atoms with Crippen molar-refractivity contribution in [3.63, 3.8) is 0 Å². The standard InChI is InChI=1S/C6H17ClO3Si2/c1-5-6-11(7)10-12(4,8-2)9-3/h11H,5-6H2,1-4H3. The maximum Gasteiger partial charge on any atom is 0.487 e. The van der Waals surface area contributed by atoms with Gasteiger partial charge in [-0.1, -0.05) is 13.3 Å². The molecule has 0 spiro atoms. The topological polar surface area (TPSA) is 27.7 Å². The Balaban J connectivity index is 3.84. The summed E-state index contributed by atoms with van der Waals surface area (Å²) in [5.74, 6) is 0. The number of rotatable bonds is 6. The molecule has 0 aromatic heterocycles. The van der Waals surface area contributed by atoms with E-state index in [0.29, 0.717) is 0 Å². The van der Waals surface area contributed by atoms with E-state index in [9.17, 15) is 0 Å². The quantitative estimate of drug-likeness (QED) is 0.512. The molecule has 12 heavy (non-hydrogen) atoms. The van der Waals surface area contributed by atoms with E-state index < -0.39 is 17.2 Å². The van der Waals surface area contributed by atoms with Gasteiger partial charge in [0.05, 0.1) is 0 Å². The van der Waals surface area contributed by atoms with Gasteiger partial charge in [-0.3, -0.25) is 0 Å². The first kappa shape index (κ1) is 12.6. The van der Waals surface area contributed by atoms with Gasteiger partial charge in [-0.25, -0.2) is 0 Å². The lowest BCUT2D eigenvalue weighted by Gasteiger charge is -2.24. The molecule has 3 nitrogen and oxygen atoms in total. The van der Waals surface area contributed by atoms with Crippen LogP contribution in [-0.4, -0.2) is 31.4 Å². The van der Waals surface area contributed by atoms with Crippen LogP contribution in [0.4, 0.5) is 0 Å². The molecule has 6 heteroatoms. The molecule has 0 amide bonds. The van der Waals surface area contributed by atoms with E-state index in [1.807, 2.05) is 6.55 Å². The lowest BCUT2D eigenvalue weighted by Crippen LogP contribution is -2.43. The minimum Gasteiger partial charge on any atom is -0.405 e. The van der Waals surface area contributed by atoms with E-state index in [2.05, 4.69) is 6.92 Å². The number of halogens is 1. The first-order valence-electron chi connectivity index (χ1n) is 4.00. The van der Waals surface area contributed by atoms with E-state index in [-0.39, 0.29) is 0 Å². The summed E-state index contributed by atoms with van der Waals surface area (Å²) >= 11 is 6.01. The Morgan fingerprint density at radius 3 is 2.17 bits per heavy atom. The van der Waals surface area contributed by atoms with Crippen LogP contribution in [0.2, 0.25) is 12.6 Å². The van der Waals surface area contributed by atoms with Gasteiger partial charge in [0.1, 0.15) is 0 Å². The SMILES string of the molecule is CCC[SiH](Cl)O[Si](C)(OC)OC. The minimum atomic E-state index is -2.37. The van der Waals surface area contributed by atoms with Gasteiger partial charge in [-0.05, 0) is 6.04 Å². The molecule has 0 radical (unpaired) electrons. The average molecular weight is 229 g/mol. The Labute approximate surface area is 81.8 Å². The van der Waals surface area contributed by atoms with E-state index >= 15 is 0 Å². The third-order valence-electron chi connectivity index (χ3n) is 1.60. The molecule has 0 N–H and O–H groups in total. The Morgan fingerprint density at radius 2 is 1.83 bits per heavy atom. The minimum absolute atomic E-state index is 0.955. The Bertz CT molecular complexity index is 121. The fourth-order valence-corrected chi connectivity index (χ4v) is 6.53. The van der Waals surface area contributed by atoms with E-state index in [0.717, 1.165) is 12.5 Å². The van der Waals surface area contributed by atoms with Gasteiger partial charge in [0.25, 0.3) is 8.35 Å². The molecule has 74 valence electrons. The number of hydrogen-bond donors (Lipinski definition) is 0. The largest absolute Gasteiger partial charge is 0.487 e. The van der Waals surface area contributed by atoms with Crippen molar-refractivity contribution < 1.29 is 13.0 Å². The first-order valence-corrected chi connectivity index (χ1v) is 9.26. The Kier molecular flexibility index (Phi) is 6.43. The monoisotopic (exact) mass is 228 g/mol. The predicted octanol–water partition coefficient (Wildman–Crippen LogP) is 1.73. The van der Waals surface area contributed by atoms with Crippen molar-refractivity contribution in [1.82, 2.24) is 0 Å². The first-order chi connectivity index (χ1) is 5.58. The van der Waals surface area contributed by atoms with Crippen LogP contribution in [0.3, 0.4) is 0 Å². The van der Waals surface area contributed by atoms with Crippen LogP contribution in [0.1, 0.15) is 13.3 Å². The number of hydrogen-bond acceptors (Lipinski definition) is 3. The summed E-state index contributed by atoms with van der Waals surface area (Å²) in [5.41, 5.74) is 0. The second-order valence-electron chi connectivity index (χ2n) is 2.59. The summed E-state index contributed by atoms with van der Waals surface area (Å²) in [6, 6.07) is 0.955. The molecular formula is C6H17ClO3Si2. The fraction of sp³-hybridized carbons (Fsp3) is 1.00. The zero-order chi connectivity index (χ0) is 9.61. The molecule has 0 aliphatic heterocycles. The predicted molar refractivity (Wildman–Crippen MR) is 54.8 cm³/mol. The summed E-state index contributed by atoms with van der Waals surface area (Å²) < 4.78 is 15.9. The molecule has 1 unspecified atom stereocenters. The maximum absolute atomic E-state index is 6.01. The molecule has 0 aromatic carbocycles. The summed E-state index contributed by atoms with van der Waals surface area (Å²) in [4.78, 5) is 0. The maximum atomic E-state index is 6.01. The van der Waals surface area contributed by atoms with Crippen molar-refractivity contribution in [1.29, 1.82) is 0 Å². The molecule has 0 bridgehead atoms. The highest BCUT2D eigenvalue weighted by atomic mass is 35.6. The van der Waals surface area contributed by atoms with Crippen LogP contribution < -0.4 is 0 Å². The Morgan fingerprint density at radius 1 is 1.33 bits per heavy atom. The molecule has 0 saturated heterocycles. The molecule has 0 aliphatic carbocycles. The van der Waals surface area contributed by atoms with Crippen molar-refractivity contribution >= 4 is 28.2 Å². The van der Waals surface area contributed by atoms with E-state index in [1.165, 1.54) is 0 Å². The van der Waals surface area contributed by atoms with E-state index in [4.69, 9.17) is 24.0 Å². The van der Waals surface area contributed by atoms with Gasteiger partial charge in [0.2, 0.25) is 0 Å². The van der Waals surface area contributed by atoms with Gasteiger partial charge in [0, 0.05) is 20.8 Å². The molecular weight excluding hydrogens is 212 g/mol. The highest BCUT2D eigenvalue weighted by Gasteiger charge is 2.34. The molecule has 0 aliphatic rings. The highest BCUT2D eigenvalue weighted by molar-refractivity contribution is 7.05. The van der Waals surface area contributed by atoms with Gasteiger partial charge in [0.15, 0.2) is 0 Å². The molecule has 0 rings (SSSR count). The van der Waals surface area contributed by atoms with Crippen LogP contribution >= 0.6 is 11.1 Å². The summed E-state index contributed by atoms with van der Waals surface area (Å²) in [6.45, 7) is 3.94. The molecule has 1 atom stereocenters. The van der Waals surface area contributed by atoms with Crippen LogP contribution in [-0.2, 0) is 13.0 Å². The molecule has 0 saturated carbocycles. The molecule has 0 fully saturated rings. The van der Waals surface area contributed by atoms with E-state index in [1.54, 1.807) is 14.2 Å². The average Bonchev–Trinajstić information content (AvgIpc) is 2.05. The van der Waals surface area contributed by atoms with Crippen LogP contribution in [0.15, 0.2) is 0 Å². The van der Waals surface area contributed by atoms with Crippen LogP contribution in [0, 0.1) is 0 Å². The van der Waals surface area contributed by atoms with Gasteiger partial charge < -0.3 is 13.0 Å².